The number of allylic oxidation sites excluding steroid dienone is 4. The van der Waals surface area contributed by atoms with Gasteiger partial charge in [-0.3, -0.25) is 0 Å². The summed E-state index contributed by atoms with van der Waals surface area (Å²) in [6.07, 6.45) is 7.48. The van der Waals surface area contributed by atoms with Gasteiger partial charge in [0.25, 0.3) is 0 Å². The van der Waals surface area contributed by atoms with Crippen molar-refractivity contribution in [1.82, 2.24) is 0 Å². The molecule has 0 amide bonds. The van der Waals surface area contributed by atoms with E-state index >= 15 is 0 Å². The predicted molar refractivity (Wildman–Crippen MR) is 61.8 cm³/mol. The summed E-state index contributed by atoms with van der Waals surface area (Å²) in [5.41, 5.74) is 2.76. The van der Waals surface area contributed by atoms with Crippen molar-refractivity contribution in [3.63, 3.8) is 0 Å². The van der Waals surface area contributed by atoms with E-state index in [1.807, 2.05) is 6.08 Å². The molecule has 0 heterocycles. The third kappa shape index (κ3) is 5.46. The lowest BCUT2D eigenvalue weighted by molar-refractivity contribution is 0.622. The second-order valence-corrected chi connectivity index (χ2v) is 3.74. The Morgan fingerprint density at radius 3 is 2.38 bits per heavy atom. The average Bonchev–Trinajstić information content (AvgIpc) is 2.10. The zero-order chi connectivity index (χ0) is 10.3. The molecular weight excluding hydrogens is 156 g/mol. The summed E-state index contributed by atoms with van der Waals surface area (Å²) in [5.74, 6) is 0.678. The normalized spacial score (nSPS) is 13.9. The summed E-state index contributed by atoms with van der Waals surface area (Å²) in [7, 11) is 0. The van der Waals surface area contributed by atoms with E-state index < -0.39 is 0 Å². The molecule has 0 nitrogen and oxygen atoms in total. The Balaban J connectivity index is 4.18. The maximum atomic E-state index is 3.92. The number of rotatable bonds is 6. The molecular formula is C13H22. The second-order valence-electron chi connectivity index (χ2n) is 3.74. The van der Waals surface area contributed by atoms with Crippen molar-refractivity contribution in [2.45, 2.75) is 40.0 Å². The van der Waals surface area contributed by atoms with Crippen LogP contribution >= 0.6 is 0 Å². The van der Waals surface area contributed by atoms with Gasteiger partial charge in [-0.05, 0) is 32.1 Å². The van der Waals surface area contributed by atoms with E-state index in [1.54, 1.807) is 0 Å². The minimum atomic E-state index is 0.678. The molecule has 13 heavy (non-hydrogen) atoms. The molecule has 0 saturated carbocycles. The Labute approximate surface area is 83.0 Å². The minimum absolute atomic E-state index is 0.678. The molecule has 0 aliphatic carbocycles. The molecule has 0 aromatic heterocycles. The first-order valence-electron chi connectivity index (χ1n) is 5.07. The first kappa shape index (κ1) is 12.2. The van der Waals surface area contributed by atoms with Crippen LogP contribution in [0.5, 0.6) is 0 Å². The summed E-state index contributed by atoms with van der Waals surface area (Å²) < 4.78 is 0. The van der Waals surface area contributed by atoms with Crippen LogP contribution in [0.25, 0.3) is 0 Å². The van der Waals surface area contributed by atoms with E-state index in [2.05, 4.69) is 40.0 Å². The summed E-state index contributed by atoms with van der Waals surface area (Å²) in [4.78, 5) is 0. The summed E-state index contributed by atoms with van der Waals surface area (Å²) in [5, 5.41) is 0. The highest BCUT2D eigenvalue weighted by molar-refractivity contribution is 5.14. The molecule has 0 fully saturated rings. The number of hydrogen-bond donors (Lipinski definition) is 0. The Hall–Kier alpha value is -0.780. The van der Waals surface area contributed by atoms with Gasteiger partial charge >= 0.3 is 0 Å². The summed E-state index contributed by atoms with van der Waals surface area (Å²) in [6, 6.07) is 0. The van der Waals surface area contributed by atoms with E-state index in [-0.39, 0.29) is 0 Å². The first-order chi connectivity index (χ1) is 6.11. The SMILES string of the molecule is C=C/C=C(/CCC(=C)C)C(C)CC. The third-order valence-electron chi connectivity index (χ3n) is 2.42. The lowest BCUT2D eigenvalue weighted by Crippen LogP contribution is -1.98. The molecule has 0 N–H and O–H groups in total. The smallest absolute Gasteiger partial charge is 0.0231 e. The Kier molecular flexibility index (Phi) is 6.30. The predicted octanol–water partition coefficient (Wildman–Crippen LogP) is 4.50. The van der Waals surface area contributed by atoms with Crippen LogP contribution in [0.2, 0.25) is 0 Å². The maximum absolute atomic E-state index is 3.92. The van der Waals surface area contributed by atoms with Crippen molar-refractivity contribution in [2.75, 3.05) is 0 Å². The van der Waals surface area contributed by atoms with E-state index in [0.717, 1.165) is 12.8 Å². The van der Waals surface area contributed by atoms with Crippen LogP contribution in [-0.2, 0) is 0 Å². The van der Waals surface area contributed by atoms with Crippen LogP contribution in [0.4, 0.5) is 0 Å². The zero-order valence-electron chi connectivity index (χ0n) is 9.27. The summed E-state index contributed by atoms with van der Waals surface area (Å²) in [6.45, 7) is 14.2. The van der Waals surface area contributed by atoms with Crippen molar-refractivity contribution < 1.29 is 0 Å². The van der Waals surface area contributed by atoms with Crippen LogP contribution in [-0.4, -0.2) is 0 Å². The van der Waals surface area contributed by atoms with Crippen LogP contribution in [0.3, 0.4) is 0 Å². The molecule has 0 aromatic carbocycles. The van der Waals surface area contributed by atoms with Gasteiger partial charge in [-0.25, -0.2) is 0 Å². The van der Waals surface area contributed by atoms with Crippen LogP contribution in [0.1, 0.15) is 40.0 Å². The quantitative estimate of drug-likeness (QED) is 0.415. The zero-order valence-corrected chi connectivity index (χ0v) is 9.27. The van der Waals surface area contributed by atoms with Gasteiger partial charge in [0.05, 0.1) is 0 Å². The van der Waals surface area contributed by atoms with Gasteiger partial charge < -0.3 is 0 Å². The van der Waals surface area contributed by atoms with Gasteiger partial charge in [-0.15, -0.1) is 6.58 Å². The lowest BCUT2D eigenvalue weighted by Gasteiger charge is -2.13. The van der Waals surface area contributed by atoms with Crippen molar-refractivity contribution in [3.8, 4) is 0 Å². The molecule has 0 radical (unpaired) electrons. The van der Waals surface area contributed by atoms with Crippen LogP contribution in [0, 0.1) is 5.92 Å². The highest BCUT2D eigenvalue weighted by Gasteiger charge is 2.05. The Morgan fingerprint density at radius 1 is 1.38 bits per heavy atom. The standard InChI is InChI=1S/C13H22/c1-6-8-13(12(5)7-2)10-9-11(3)4/h6,8,12H,1,3,7,9-10H2,2,4-5H3/b13-8-. The molecule has 1 atom stereocenters. The molecule has 0 saturated heterocycles. The Bertz CT molecular complexity index is 196. The monoisotopic (exact) mass is 178 g/mol. The first-order valence-corrected chi connectivity index (χ1v) is 5.07. The van der Waals surface area contributed by atoms with Gasteiger partial charge in [0.15, 0.2) is 0 Å². The van der Waals surface area contributed by atoms with Gasteiger partial charge in [0, 0.05) is 0 Å². The van der Waals surface area contributed by atoms with E-state index in [1.165, 1.54) is 17.6 Å². The maximum Gasteiger partial charge on any atom is -0.0231 e. The van der Waals surface area contributed by atoms with E-state index in [9.17, 15) is 0 Å². The van der Waals surface area contributed by atoms with Gasteiger partial charge in [0.1, 0.15) is 0 Å². The van der Waals surface area contributed by atoms with Crippen molar-refractivity contribution in [3.05, 3.63) is 36.5 Å². The van der Waals surface area contributed by atoms with E-state index in [4.69, 9.17) is 0 Å². The second kappa shape index (κ2) is 6.71. The fraction of sp³-hybridized carbons (Fsp3) is 0.538. The van der Waals surface area contributed by atoms with E-state index in [0.29, 0.717) is 5.92 Å². The summed E-state index contributed by atoms with van der Waals surface area (Å²) >= 11 is 0. The highest BCUT2D eigenvalue weighted by atomic mass is 14.1. The van der Waals surface area contributed by atoms with Gasteiger partial charge in [-0.2, -0.15) is 0 Å². The molecule has 0 aliphatic rings. The van der Waals surface area contributed by atoms with Crippen molar-refractivity contribution in [2.24, 2.45) is 5.92 Å². The topological polar surface area (TPSA) is 0 Å². The fourth-order valence-corrected chi connectivity index (χ4v) is 1.27. The largest absolute Gasteiger partial charge is 0.100 e. The van der Waals surface area contributed by atoms with Crippen LogP contribution in [0.15, 0.2) is 36.5 Å². The molecule has 0 heteroatoms. The molecule has 1 unspecified atom stereocenters. The molecule has 0 bridgehead atoms. The molecule has 74 valence electrons. The number of hydrogen-bond acceptors (Lipinski definition) is 0. The van der Waals surface area contributed by atoms with Crippen molar-refractivity contribution >= 4 is 0 Å². The molecule has 0 aromatic rings. The van der Waals surface area contributed by atoms with Gasteiger partial charge in [-0.1, -0.05) is 43.7 Å². The molecule has 0 aliphatic heterocycles. The van der Waals surface area contributed by atoms with Crippen molar-refractivity contribution in [1.29, 1.82) is 0 Å². The highest BCUT2D eigenvalue weighted by Crippen LogP contribution is 2.21. The third-order valence-corrected chi connectivity index (χ3v) is 2.42. The average molecular weight is 178 g/mol. The lowest BCUT2D eigenvalue weighted by atomic mass is 9.93. The fourth-order valence-electron chi connectivity index (χ4n) is 1.27. The Morgan fingerprint density at radius 2 is 2.00 bits per heavy atom. The van der Waals surface area contributed by atoms with Gasteiger partial charge in [0.2, 0.25) is 0 Å². The minimum Gasteiger partial charge on any atom is -0.100 e. The van der Waals surface area contributed by atoms with Crippen LogP contribution < -0.4 is 0 Å². The molecule has 0 spiro atoms. The molecule has 0 rings (SSSR count).